The van der Waals surface area contributed by atoms with Crippen LogP contribution >= 0.6 is 12.2 Å². The Morgan fingerprint density at radius 3 is 2.30 bits per heavy atom. The maximum absolute atomic E-state index is 12.5. The van der Waals surface area contributed by atoms with Crippen molar-refractivity contribution < 1.29 is 9.53 Å². The Hall–Kier alpha value is -3.70. The lowest BCUT2D eigenvalue weighted by Crippen LogP contribution is -2.17. The van der Waals surface area contributed by atoms with E-state index in [1.165, 1.54) is 0 Å². The Morgan fingerprint density at radius 1 is 0.767 bits per heavy atom. The van der Waals surface area contributed by atoms with Crippen LogP contribution in [0, 0.1) is 6.92 Å². The Bertz CT molecular complexity index is 1220. The molecule has 0 aliphatic carbocycles. The van der Waals surface area contributed by atoms with Crippen LogP contribution in [0.1, 0.15) is 15.9 Å². The van der Waals surface area contributed by atoms with Crippen molar-refractivity contribution in [1.29, 1.82) is 0 Å². The number of amides is 1. The second-order valence-corrected chi connectivity index (χ2v) is 7.30. The zero-order chi connectivity index (χ0) is 20.9. The number of hydrogen-bond donors (Lipinski definition) is 2. The molecule has 148 valence electrons. The van der Waals surface area contributed by atoms with Gasteiger partial charge in [-0.05, 0) is 72.4 Å². The number of carbonyl (C=O) groups is 1. The lowest BCUT2D eigenvalue weighted by molar-refractivity contribution is 0.102. The van der Waals surface area contributed by atoms with Crippen molar-refractivity contribution >= 4 is 45.4 Å². The predicted molar refractivity (Wildman–Crippen MR) is 126 cm³/mol. The van der Waals surface area contributed by atoms with Crippen LogP contribution in [0.3, 0.4) is 0 Å². The summed E-state index contributed by atoms with van der Waals surface area (Å²) in [5.74, 6) is 0.280. The Morgan fingerprint density at radius 2 is 1.50 bits per heavy atom. The zero-order valence-corrected chi connectivity index (χ0v) is 17.2. The van der Waals surface area contributed by atoms with E-state index >= 15 is 0 Å². The lowest BCUT2D eigenvalue weighted by Gasteiger charge is -2.11. The highest BCUT2D eigenvalue weighted by molar-refractivity contribution is 7.80. The van der Waals surface area contributed by atoms with Crippen molar-refractivity contribution in [3.05, 3.63) is 102 Å². The maximum atomic E-state index is 12.5. The molecule has 0 spiro atoms. The number of fused-ring (bicyclic) bond motifs is 1. The fourth-order valence-electron chi connectivity index (χ4n) is 3.06. The summed E-state index contributed by atoms with van der Waals surface area (Å²) >= 11 is 5.33. The van der Waals surface area contributed by atoms with Crippen LogP contribution in [-0.4, -0.2) is 11.1 Å². The molecule has 0 saturated heterocycles. The van der Waals surface area contributed by atoms with Gasteiger partial charge < -0.3 is 15.4 Å². The Kier molecular flexibility index (Phi) is 5.72. The van der Waals surface area contributed by atoms with Gasteiger partial charge in [0.2, 0.25) is 0 Å². The van der Waals surface area contributed by atoms with Crippen molar-refractivity contribution in [2.45, 2.75) is 6.92 Å². The van der Waals surface area contributed by atoms with Crippen LogP contribution in [0.4, 0.5) is 11.4 Å². The molecule has 0 heterocycles. The zero-order valence-electron chi connectivity index (χ0n) is 16.4. The third-order valence-electron chi connectivity index (χ3n) is 4.61. The van der Waals surface area contributed by atoms with Crippen LogP contribution < -0.4 is 15.4 Å². The number of carbonyl (C=O) groups excluding carboxylic acids is 1. The van der Waals surface area contributed by atoms with E-state index in [0.717, 1.165) is 27.7 Å². The van der Waals surface area contributed by atoms with E-state index in [1.807, 2.05) is 67.6 Å². The molecule has 0 bridgehead atoms. The van der Waals surface area contributed by atoms with Crippen LogP contribution in [0.15, 0.2) is 91.0 Å². The van der Waals surface area contributed by atoms with Crippen LogP contribution in [0.25, 0.3) is 10.8 Å². The van der Waals surface area contributed by atoms with Crippen molar-refractivity contribution in [1.82, 2.24) is 0 Å². The summed E-state index contributed by atoms with van der Waals surface area (Å²) in [5, 5.41) is 8.44. The third-order valence-corrected chi connectivity index (χ3v) is 4.80. The molecule has 30 heavy (non-hydrogen) atoms. The lowest BCUT2D eigenvalue weighted by atomic mass is 10.1. The van der Waals surface area contributed by atoms with Gasteiger partial charge in [0.25, 0.3) is 11.1 Å². The van der Waals surface area contributed by atoms with Crippen LogP contribution in [0.5, 0.6) is 5.75 Å². The van der Waals surface area contributed by atoms with Gasteiger partial charge in [0.15, 0.2) is 0 Å². The molecule has 4 aromatic carbocycles. The summed E-state index contributed by atoms with van der Waals surface area (Å²) in [5.41, 5.74) is 3.20. The van der Waals surface area contributed by atoms with E-state index in [2.05, 4.69) is 16.7 Å². The molecular formula is C25H20N2O2S. The topological polar surface area (TPSA) is 50.4 Å². The summed E-state index contributed by atoms with van der Waals surface area (Å²) in [6.45, 7) is 2.00. The summed E-state index contributed by atoms with van der Waals surface area (Å²) in [6, 6.07) is 28.6. The van der Waals surface area contributed by atoms with Gasteiger partial charge in [0.1, 0.15) is 5.75 Å². The molecule has 1 amide bonds. The molecule has 0 radical (unpaired) electrons. The largest absolute Gasteiger partial charge is 0.432 e. The molecule has 0 aromatic heterocycles. The molecule has 0 saturated carbocycles. The highest BCUT2D eigenvalue weighted by atomic mass is 32.1. The van der Waals surface area contributed by atoms with E-state index in [1.54, 1.807) is 24.3 Å². The van der Waals surface area contributed by atoms with Crippen molar-refractivity contribution in [2.24, 2.45) is 0 Å². The van der Waals surface area contributed by atoms with Crippen LogP contribution in [-0.2, 0) is 0 Å². The fourth-order valence-corrected chi connectivity index (χ4v) is 3.27. The van der Waals surface area contributed by atoms with Gasteiger partial charge in [-0.2, -0.15) is 0 Å². The maximum Gasteiger partial charge on any atom is 0.266 e. The van der Waals surface area contributed by atoms with E-state index in [9.17, 15) is 4.79 Å². The summed E-state index contributed by atoms with van der Waals surface area (Å²) in [7, 11) is 0. The number of rotatable bonds is 4. The molecule has 0 unspecified atom stereocenters. The van der Waals surface area contributed by atoms with E-state index in [4.69, 9.17) is 17.0 Å². The smallest absolute Gasteiger partial charge is 0.266 e. The molecule has 0 atom stereocenters. The second kappa shape index (κ2) is 8.76. The molecule has 0 aliphatic rings. The Balaban J connectivity index is 1.42. The first-order valence-electron chi connectivity index (χ1n) is 9.52. The molecule has 4 nitrogen and oxygen atoms in total. The Labute approximate surface area is 180 Å². The number of hydrogen-bond acceptors (Lipinski definition) is 3. The normalized spacial score (nSPS) is 10.4. The first-order valence-corrected chi connectivity index (χ1v) is 9.93. The van der Waals surface area contributed by atoms with Gasteiger partial charge in [0, 0.05) is 16.9 Å². The molecule has 5 heteroatoms. The SMILES string of the molecule is Cc1ccc(NC(=O)c2cccc(OC(=S)Nc3ccc4ccccc4c3)c2)cc1. The van der Waals surface area contributed by atoms with Crippen molar-refractivity contribution in [2.75, 3.05) is 10.6 Å². The van der Waals surface area contributed by atoms with Crippen molar-refractivity contribution in [3.8, 4) is 5.75 Å². The van der Waals surface area contributed by atoms with Gasteiger partial charge in [0.05, 0.1) is 0 Å². The van der Waals surface area contributed by atoms with Gasteiger partial charge in [-0.3, -0.25) is 4.79 Å². The highest BCUT2D eigenvalue weighted by Gasteiger charge is 2.09. The number of ether oxygens (including phenoxy) is 1. The number of anilines is 2. The number of aryl methyl sites for hydroxylation is 1. The monoisotopic (exact) mass is 412 g/mol. The van der Waals surface area contributed by atoms with Crippen molar-refractivity contribution in [3.63, 3.8) is 0 Å². The van der Waals surface area contributed by atoms with Gasteiger partial charge in [-0.1, -0.05) is 54.1 Å². The second-order valence-electron chi connectivity index (χ2n) is 6.92. The summed E-state index contributed by atoms with van der Waals surface area (Å²) < 4.78 is 5.73. The molecule has 0 fully saturated rings. The van der Waals surface area contributed by atoms with Gasteiger partial charge >= 0.3 is 0 Å². The minimum absolute atomic E-state index is 0.210. The minimum atomic E-state index is -0.210. The first-order chi connectivity index (χ1) is 14.6. The minimum Gasteiger partial charge on any atom is -0.432 e. The predicted octanol–water partition coefficient (Wildman–Crippen LogP) is 6.18. The molecular weight excluding hydrogens is 392 g/mol. The van der Waals surface area contributed by atoms with Crippen LogP contribution in [0.2, 0.25) is 0 Å². The average Bonchev–Trinajstić information content (AvgIpc) is 2.75. The van der Waals surface area contributed by atoms with E-state index in [-0.39, 0.29) is 11.1 Å². The number of benzene rings is 4. The first kappa shape index (κ1) is 19.6. The summed E-state index contributed by atoms with van der Waals surface area (Å²) in [4.78, 5) is 12.5. The van der Waals surface area contributed by atoms with Gasteiger partial charge in [-0.25, -0.2) is 0 Å². The van der Waals surface area contributed by atoms with E-state index in [0.29, 0.717) is 11.3 Å². The van der Waals surface area contributed by atoms with Gasteiger partial charge in [-0.15, -0.1) is 0 Å². The molecule has 4 rings (SSSR count). The fraction of sp³-hybridized carbons (Fsp3) is 0.0400. The summed E-state index contributed by atoms with van der Waals surface area (Å²) in [6.07, 6.45) is 0. The third kappa shape index (κ3) is 4.82. The highest BCUT2D eigenvalue weighted by Crippen LogP contribution is 2.20. The molecule has 0 aliphatic heterocycles. The molecule has 4 aromatic rings. The quantitative estimate of drug-likeness (QED) is 0.393. The number of nitrogens with one attached hydrogen (secondary N) is 2. The molecule has 2 N–H and O–H groups in total. The van der Waals surface area contributed by atoms with E-state index < -0.39 is 0 Å². The number of thiocarbonyl (C=S) groups is 1. The average molecular weight is 413 g/mol. The standard InChI is InChI=1S/C25H20N2O2S/c1-17-9-12-21(13-10-17)26-24(28)20-7-4-8-23(16-20)29-25(30)27-22-14-11-18-5-2-3-6-19(18)15-22/h2-16H,1H3,(H,26,28)(H,27,30).